The zero-order valence-electron chi connectivity index (χ0n) is 10.3. The smallest absolute Gasteiger partial charge is 0.126 e. The molecule has 0 heterocycles. The number of alkyl halides is 1. The number of hydrogen-bond acceptors (Lipinski definition) is 2. The lowest BCUT2D eigenvalue weighted by Crippen LogP contribution is -2.21. The van der Waals surface area contributed by atoms with E-state index in [1.54, 1.807) is 0 Å². The number of halogens is 1. The zero-order chi connectivity index (χ0) is 12.7. The molecule has 98 valence electrons. The first-order valence-corrected chi connectivity index (χ1v) is 6.81. The SMILES string of the molecule is CCCC/C=C/CC1C(OP)CC(F)C1C=O. The summed E-state index contributed by atoms with van der Waals surface area (Å²) in [5, 5.41) is 0. The van der Waals surface area contributed by atoms with E-state index in [0.29, 0.717) is 6.42 Å². The van der Waals surface area contributed by atoms with Crippen LogP contribution in [0.3, 0.4) is 0 Å². The molecule has 0 aromatic heterocycles. The fourth-order valence-electron chi connectivity index (χ4n) is 2.41. The molecule has 5 unspecified atom stereocenters. The fraction of sp³-hybridized carbons (Fsp3) is 0.769. The summed E-state index contributed by atoms with van der Waals surface area (Å²) >= 11 is 0. The van der Waals surface area contributed by atoms with Crippen molar-refractivity contribution >= 4 is 15.8 Å². The Hall–Kier alpha value is -0.270. The summed E-state index contributed by atoms with van der Waals surface area (Å²) in [5.74, 6) is -0.519. The van der Waals surface area contributed by atoms with Gasteiger partial charge in [0.1, 0.15) is 12.5 Å². The average molecular weight is 260 g/mol. The van der Waals surface area contributed by atoms with E-state index in [2.05, 4.69) is 28.5 Å². The largest absolute Gasteiger partial charge is 0.362 e. The summed E-state index contributed by atoms with van der Waals surface area (Å²) in [6.07, 6.45) is 8.20. The van der Waals surface area contributed by atoms with E-state index < -0.39 is 12.1 Å². The van der Waals surface area contributed by atoms with Crippen LogP contribution in [0.4, 0.5) is 4.39 Å². The maximum atomic E-state index is 13.6. The van der Waals surface area contributed by atoms with Crippen LogP contribution in [0.5, 0.6) is 0 Å². The van der Waals surface area contributed by atoms with E-state index in [1.165, 1.54) is 12.8 Å². The molecule has 4 heteroatoms. The van der Waals surface area contributed by atoms with Crippen LogP contribution in [0.2, 0.25) is 0 Å². The molecule has 0 radical (unpaired) electrons. The molecule has 0 bridgehead atoms. The molecule has 1 saturated carbocycles. The van der Waals surface area contributed by atoms with Crippen molar-refractivity contribution in [3.05, 3.63) is 12.2 Å². The van der Waals surface area contributed by atoms with Crippen molar-refractivity contribution in [2.24, 2.45) is 11.8 Å². The van der Waals surface area contributed by atoms with Gasteiger partial charge >= 0.3 is 0 Å². The summed E-state index contributed by atoms with van der Waals surface area (Å²) < 4.78 is 18.7. The lowest BCUT2D eigenvalue weighted by Gasteiger charge is -2.18. The Morgan fingerprint density at radius 3 is 2.82 bits per heavy atom. The highest BCUT2D eigenvalue weighted by molar-refractivity contribution is 7.09. The third kappa shape index (κ3) is 4.15. The molecule has 0 aromatic rings. The molecule has 0 spiro atoms. The lowest BCUT2D eigenvalue weighted by molar-refractivity contribution is -0.113. The molecular formula is C13H22FO2P. The lowest BCUT2D eigenvalue weighted by atomic mass is 9.92. The number of aldehydes is 1. The maximum absolute atomic E-state index is 13.6. The average Bonchev–Trinajstić information content (AvgIpc) is 2.64. The minimum absolute atomic E-state index is 0.0159. The zero-order valence-corrected chi connectivity index (χ0v) is 11.5. The minimum atomic E-state index is -1.05. The first-order valence-electron chi connectivity index (χ1n) is 6.34. The molecule has 0 amide bonds. The summed E-state index contributed by atoms with van der Waals surface area (Å²) in [4.78, 5) is 10.9. The van der Waals surface area contributed by atoms with Crippen LogP contribution < -0.4 is 0 Å². The van der Waals surface area contributed by atoms with Gasteiger partial charge in [-0.1, -0.05) is 31.9 Å². The van der Waals surface area contributed by atoms with Crippen LogP contribution in [-0.2, 0) is 9.32 Å². The van der Waals surface area contributed by atoms with Crippen molar-refractivity contribution < 1.29 is 13.7 Å². The molecule has 0 saturated heterocycles. The van der Waals surface area contributed by atoms with Crippen LogP contribution in [0.25, 0.3) is 0 Å². The molecule has 1 fully saturated rings. The predicted octanol–water partition coefficient (Wildman–Crippen LogP) is 3.47. The Labute approximate surface area is 105 Å². The van der Waals surface area contributed by atoms with Crippen LogP contribution in [0, 0.1) is 11.8 Å². The Balaban J connectivity index is 2.47. The minimum Gasteiger partial charge on any atom is -0.362 e. The van der Waals surface area contributed by atoms with Crippen molar-refractivity contribution in [3.63, 3.8) is 0 Å². The van der Waals surface area contributed by atoms with Crippen molar-refractivity contribution in [2.45, 2.75) is 51.3 Å². The highest BCUT2D eigenvalue weighted by atomic mass is 31.0. The highest BCUT2D eigenvalue weighted by Gasteiger charge is 2.43. The van der Waals surface area contributed by atoms with E-state index in [1.807, 2.05) is 0 Å². The van der Waals surface area contributed by atoms with E-state index in [9.17, 15) is 9.18 Å². The molecule has 0 N–H and O–H groups in total. The quantitative estimate of drug-likeness (QED) is 0.303. The molecule has 17 heavy (non-hydrogen) atoms. The van der Waals surface area contributed by atoms with Crippen molar-refractivity contribution in [2.75, 3.05) is 0 Å². The fourth-order valence-corrected chi connectivity index (χ4v) is 2.73. The molecule has 1 aliphatic rings. The van der Waals surface area contributed by atoms with Gasteiger partial charge in [-0.3, -0.25) is 0 Å². The van der Waals surface area contributed by atoms with Crippen molar-refractivity contribution in [1.29, 1.82) is 0 Å². The van der Waals surface area contributed by atoms with Gasteiger partial charge < -0.3 is 9.32 Å². The van der Waals surface area contributed by atoms with E-state index >= 15 is 0 Å². The molecular weight excluding hydrogens is 238 g/mol. The van der Waals surface area contributed by atoms with Crippen LogP contribution in [-0.4, -0.2) is 18.6 Å². The van der Waals surface area contributed by atoms with Gasteiger partial charge in [0.25, 0.3) is 0 Å². The molecule has 1 rings (SSSR count). The predicted molar refractivity (Wildman–Crippen MR) is 70.4 cm³/mol. The number of carbonyl (C=O) groups excluding carboxylic acids is 1. The van der Waals surface area contributed by atoms with Gasteiger partial charge in [0, 0.05) is 21.8 Å². The van der Waals surface area contributed by atoms with E-state index in [0.717, 1.165) is 19.1 Å². The second-order valence-electron chi connectivity index (χ2n) is 4.65. The van der Waals surface area contributed by atoms with Gasteiger partial charge in [-0.15, -0.1) is 0 Å². The molecule has 0 aromatic carbocycles. The maximum Gasteiger partial charge on any atom is 0.126 e. The van der Waals surface area contributed by atoms with Crippen molar-refractivity contribution in [3.8, 4) is 0 Å². The second kappa shape index (κ2) is 7.94. The van der Waals surface area contributed by atoms with Gasteiger partial charge in [-0.05, 0) is 12.8 Å². The molecule has 5 atom stereocenters. The summed E-state index contributed by atoms with van der Waals surface area (Å²) in [5.41, 5.74) is 0. The Kier molecular flexibility index (Phi) is 6.91. The van der Waals surface area contributed by atoms with Gasteiger partial charge in [0.05, 0.1) is 12.0 Å². The number of allylic oxidation sites excluding steroid dienone is 2. The Bertz CT molecular complexity index is 258. The monoisotopic (exact) mass is 260 g/mol. The normalized spacial score (nSPS) is 33.4. The van der Waals surface area contributed by atoms with Crippen LogP contribution in [0.1, 0.15) is 39.0 Å². The molecule has 0 aliphatic heterocycles. The topological polar surface area (TPSA) is 26.3 Å². The van der Waals surface area contributed by atoms with Gasteiger partial charge in [-0.25, -0.2) is 4.39 Å². The van der Waals surface area contributed by atoms with Crippen LogP contribution in [0.15, 0.2) is 12.2 Å². The highest BCUT2D eigenvalue weighted by Crippen LogP contribution is 2.38. The van der Waals surface area contributed by atoms with Gasteiger partial charge in [0.15, 0.2) is 0 Å². The Morgan fingerprint density at radius 2 is 2.24 bits per heavy atom. The summed E-state index contributed by atoms with van der Waals surface area (Å²) in [7, 11) is 2.19. The number of unbranched alkanes of at least 4 members (excludes halogenated alkanes) is 2. The Morgan fingerprint density at radius 1 is 1.47 bits per heavy atom. The van der Waals surface area contributed by atoms with E-state index in [-0.39, 0.29) is 12.0 Å². The van der Waals surface area contributed by atoms with Gasteiger partial charge in [-0.2, -0.15) is 0 Å². The summed E-state index contributed by atoms with van der Waals surface area (Å²) in [6, 6.07) is 0. The van der Waals surface area contributed by atoms with Gasteiger partial charge in [0.2, 0.25) is 0 Å². The number of carbonyl (C=O) groups is 1. The summed E-state index contributed by atoms with van der Waals surface area (Å²) in [6.45, 7) is 2.15. The van der Waals surface area contributed by atoms with E-state index in [4.69, 9.17) is 4.52 Å². The number of hydrogen-bond donors (Lipinski definition) is 0. The first-order chi connectivity index (χ1) is 8.24. The van der Waals surface area contributed by atoms with Crippen molar-refractivity contribution in [1.82, 2.24) is 0 Å². The molecule has 1 aliphatic carbocycles. The number of rotatable bonds is 7. The third-order valence-corrected chi connectivity index (χ3v) is 3.83. The standard InChI is InChI=1S/C13H22FO2P/c1-2-3-4-5-6-7-10-11(9-15)12(14)8-13(10)16-17/h5-6,9-13H,2-4,7-8,17H2,1H3/b6-5+. The second-order valence-corrected chi connectivity index (χ2v) is 4.93. The first kappa shape index (κ1) is 14.8. The van der Waals surface area contributed by atoms with Crippen LogP contribution >= 0.6 is 9.47 Å². The third-order valence-electron chi connectivity index (χ3n) is 3.48. The molecule has 2 nitrogen and oxygen atoms in total.